The van der Waals surface area contributed by atoms with Crippen molar-refractivity contribution in [3.05, 3.63) is 34.9 Å². The van der Waals surface area contributed by atoms with Crippen molar-refractivity contribution in [1.29, 1.82) is 0 Å². The monoisotopic (exact) mass is 350 g/mol. The molecule has 1 amide bonds. The number of rotatable bonds is 4. The van der Waals surface area contributed by atoms with E-state index in [1.807, 2.05) is 37.8 Å². The normalized spacial score (nSPS) is 26.9. The van der Waals surface area contributed by atoms with Crippen molar-refractivity contribution in [2.75, 3.05) is 13.1 Å². The first-order valence-electron chi connectivity index (χ1n) is 8.78. The molecule has 2 fully saturated rings. The predicted octanol–water partition coefficient (Wildman–Crippen LogP) is 4.25. The summed E-state index contributed by atoms with van der Waals surface area (Å²) in [6.45, 7) is 9.51. The quantitative estimate of drug-likeness (QED) is 0.882. The zero-order valence-corrected chi connectivity index (χ0v) is 15.6. The molecule has 2 aliphatic rings. The van der Waals surface area contributed by atoms with Gasteiger partial charge in [0.25, 0.3) is 0 Å². The largest absolute Gasteiger partial charge is 0.444 e. The molecule has 0 spiro atoms. The molecule has 1 saturated heterocycles. The maximum absolute atomic E-state index is 12.1. The number of likely N-dealkylation sites (tertiary alicyclic amines) is 1. The van der Waals surface area contributed by atoms with Gasteiger partial charge in [0.15, 0.2) is 0 Å². The Morgan fingerprint density at radius 1 is 1.29 bits per heavy atom. The summed E-state index contributed by atoms with van der Waals surface area (Å²) in [6, 6.07) is 8.92. The van der Waals surface area contributed by atoms with Gasteiger partial charge < -0.3 is 15.0 Å². The summed E-state index contributed by atoms with van der Waals surface area (Å²) in [5.41, 5.74) is 0.847. The van der Waals surface area contributed by atoms with E-state index in [9.17, 15) is 4.79 Å². The maximum Gasteiger partial charge on any atom is 0.410 e. The maximum atomic E-state index is 12.1. The number of fused-ring (bicyclic) bond motifs is 1. The fourth-order valence-corrected chi connectivity index (χ4v) is 3.75. The Morgan fingerprint density at radius 2 is 1.88 bits per heavy atom. The number of hydrogen-bond donors (Lipinski definition) is 1. The van der Waals surface area contributed by atoms with Crippen LogP contribution < -0.4 is 5.32 Å². The first-order chi connectivity index (χ1) is 11.3. The van der Waals surface area contributed by atoms with Gasteiger partial charge >= 0.3 is 6.09 Å². The van der Waals surface area contributed by atoms with E-state index >= 15 is 0 Å². The molecule has 1 aromatic carbocycles. The number of hydrogen-bond acceptors (Lipinski definition) is 3. The van der Waals surface area contributed by atoms with E-state index in [2.05, 4.69) is 24.4 Å². The molecule has 0 bridgehead atoms. The highest BCUT2D eigenvalue weighted by Crippen LogP contribution is 2.47. The highest BCUT2D eigenvalue weighted by atomic mass is 35.5. The fourth-order valence-electron chi connectivity index (χ4n) is 3.63. The van der Waals surface area contributed by atoms with Crippen molar-refractivity contribution >= 4 is 17.7 Å². The first kappa shape index (κ1) is 17.6. The van der Waals surface area contributed by atoms with Crippen LogP contribution in [0.2, 0.25) is 5.02 Å². The molecule has 1 aromatic rings. The Hall–Kier alpha value is -1.26. The van der Waals surface area contributed by atoms with Crippen molar-refractivity contribution in [2.24, 2.45) is 11.8 Å². The number of nitrogens with zero attached hydrogens (tertiary/aromatic N) is 1. The van der Waals surface area contributed by atoms with E-state index < -0.39 is 5.60 Å². The smallest absolute Gasteiger partial charge is 0.410 e. The Morgan fingerprint density at radius 3 is 2.38 bits per heavy atom. The van der Waals surface area contributed by atoms with Crippen LogP contribution >= 0.6 is 11.6 Å². The standard InChI is InChI=1S/C19H27ClN2O2/c1-5-16(12-6-8-13(20)9-7-12)21-17-14-10-22(11-15(14)17)18(23)24-19(2,3)4/h6-9,14-17,21H,5,10-11H2,1-4H3. The van der Waals surface area contributed by atoms with Crippen LogP contribution in [0.25, 0.3) is 0 Å². The molecule has 4 nitrogen and oxygen atoms in total. The highest BCUT2D eigenvalue weighted by Gasteiger charge is 2.57. The lowest BCUT2D eigenvalue weighted by Gasteiger charge is -2.26. The molecule has 0 aromatic heterocycles. The van der Waals surface area contributed by atoms with E-state index in [1.54, 1.807) is 0 Å². The zero-order chi connectivity index (χ0) is 17.5. The lowest BCUT2D eigenvalue weighted by molar-refractivity contribution is 0.0268. The third kappa shape index (κ3) is 3.86. The number of carbonyl (C=O) groups is 1. The van der Waals surface area contributed by atoms with Crippen molar-refractivity contribution in [1.82, 2.24) is 10.2 Å². The summed E-state index contributed by atoms with van der Waals surface area (Å²) in [7, 11) is 0. The number of ether oxygens (including phenoxy) is 1. The number of piperidine rings is 1. The molecule has 3 rings (SSSR count). The molecular formula is C19H27ClN2O2. The third-order valence-electron chi connectivity index (χ3n) is 4.92. The minimum absolute atomic E-state index is 0.182. The summed E-state index contributed by atoms with van der Waals surface area (Å²) in [5, 5.41) is 4.53. The first-order valence-corrected chi connectivity index (χ1v) is 9.15. The Bertz CT molecular complexity index is 584. The summed E-state index contributed by atoms with van der Waals surface area (Å²) < 4.78 is 5.46. The average molecular weight is 351 g/mol. The molecule has 5 heteroatoms. The summed E-state index contributed by atoms with van der Waals surface area (Å²) in [5.74, 6) is 1.11. The van der Waals surface area contributed by atoms with Crippen LogP contribution in [0.3, 0.4) is 0 Å². The van der Waals surface area contributed by atoms with Crippen molar-refractivity contribution in [3.63, 3.8) is 0 Å². The number of benzene rings is 1. The van der Waals surface area contributed by atoms with Crippen LogP contribution in [0.1, 0.15) is 45.7 Å². The van der Waals surface area contributed by atoms with Gasteiger partial charge in [-0.2, -0.15) is 0 Å². The third-order valence-corrected chi connectivity index (χ3v) is 5.17. The van der Waals surface area contributed by atoms with Crippen LogP contribution in [0.4, 0.5) is 4.79 Å². The van der Waals surface area contributed by atoms with Crippen molar-refractivity contribution in [3.8, 4) is 0 Å². The van der Waals surface area contributed by atoms with Crippen molar-refractivity contribution < 1.29 is 9.53 Å². The second-order valence-electron chi connectivity index (χ2n) is 7.92. The molecule has 1 heterocycles. The molecule has 132 valence electrons. The van der Waals surface area contributed by atoms with E-state index in [0.717, 1.165) is 24.5 Å². The van der Waals surface area contributed by atoms with Crippen LogP contribution in [-0.4, -0.2) is 35.7 Å². The highest BCUT2D eigenvalue weighted by molar-refractivity contribution is 6.30. The fraction of sp³-hybridized carbons (Fsp3) is 0.632. The summed E-state index contributed by atoms with van der Waals surface area (Å²) in [4.78, 5) is 14.0. The van der Waals surface area contributed by atoms with Crippen LogP contribution in [-0.2, 0) is 4.74 Å². The Balaban J connectivity index is 1.52. The van der Waals surface area contributed by atoms with Crippen LogP contribution in [0, 0.1) is 11.8 Å². The molecule has 1 saturated carbocycles. The Labute approximate surface area is 149 Å². The molecule has 0 radical (unpaired) electrons. The van der Waals surface area contributed by atoms with Gasteiger partial charge in [-0.15, -0.1) is 0 Å². The van der Waals surface area contributed by atoms with Gasteiger partial charge in [0.1, 0.15) is 5.60 Å². The zero-order valence-electron chi connectivity index (χ0n) is 14.9. The van der Waals surface area contributed by atoms with Gasteiger partial charge in [-0.3, -0.25) is 0 Å². The molecule has 1 N–H and O–H groups in total. The van der Waals surface area contributed by atoms with Gasteiger partial charge in [0, 0.05) is 30.2 Å². The van der Waals surface area contributed by atoms with Crippen LogP contribution in [0.15, 0.2) is 24.3 Å². The number of carbonyl (C=O) groups excluding carboxylic acids is 1. The van der Waals surface area contributed by atoms with Gasteiger partial charge in [-0.1, -0.05) is 30.7 Å². The van der Waals surface area contributed by atoms with Gasteiger partial charge in [0.05, 0.1) is 0 Å². The second kappa shape index (κ2) is 6.57. The van der Waals surface area contributed by atoms with Crippen LogP contribution in [0.5, 0.6) is 0 Å². The van der Waals surface area contributed by atoms with Gasteiger partial charge in [-0.05, 0) is 56.7 Å². The van der Waals surface area contributed by atoms with E-state index in [0.29, 0.717) is 23.9 Å². The molecule has 3 atom stereocenters. The molecule has 3 unspecified atom stereocenters. The summed E-state index contributed by atoms with van der Waals surface area (Å²) in [6.07, 6.45) is 0.853. The number of nitrogens with one attached hydrogen (secondary N) is 1. The molecule has 24 heavy (non-hydrogen) atoms. The second-order valence-corrected chi connectivity index (χ2v) is 8.35. The predicted molar refractivity (Wildman–Crippen MR) is 96.2 cm³/mol. The van der Waals surface area contributed by atoms with E-state index in [4.69, 9.17) is 16.3 Å². The lowest BCUT2D eigenvalue weighted by atomic mass is 10.0. The number of halogens is 1. The van der Waals surface area contributed by atoms with Gasteiger partial charge in [0.2, 0.25) is 0 Å². The summed E-state index contributed by atoms with van der Waals surface area (Å²) >= 11 is 5.98. The SMILES string of the molecule is CCC(NC1C2CN(C(=O)OC(C)(C)C)CC21)c1ccc(Cl)cc1. The van der Waals surface area contributed by atoms with Crippen molar-refractivity contribution in [2.45, 2.75) is 51.8 Å². The minimum Gasteiger partial charge on any atom is -0.444 e. The molecular weight excluding hydrogens is 324 g/mol. The van der Waals surface area contributed by atoms with Gasteiger partial charge in [-0.25, -0.2) is 4.79 Å². The number of amides is 1. The van der Waals surface area contributed by atoms with E-state index in [-0.39, 0.29) is 6.09 Å². The van der Waals surface area contributed by atoms with E-state index in [1.165, 1.54) is 5.56 Å². The molecule has 1 aliphatic carbocycles. The average Bonchev–Trinajstić information content (AvgIpc) is 2.93. The molecule has 1 aliphatic heterocycles. The lowest BCUT2D eigenvalue weighted by Crippen LogP contribution is -2.39. The topological polar surface area (TPSA) is 41.6 Å². The Kier molecular flexibility index (Phi) is 4.80. The minimum atomic E-state index is -0.427.